The van der Waals surface area contributed by atoms with Crippen LogP contribution in [0, 0.1) is 13.8 Å². The minimum absolute atomic E-state index is 0.0462. The van der Waals surface area contributed by atoms with Crippen molar-refractivity contribution in [2.45, 2.75) is 32.5 Å². The Balaban J connectivity index is 1.54. The van der Waals surface area contributed by atoms with E-state index in [1.807, 2.05) is 36.7 Å². The molecule has 0 bridgehead atoms. The lowest BCUT2D eigenvalue weighted by atomic mass is 10.1. The second kappa shape index (κ2) is 9.58. The van der Waals surface area contributed by atoms with Gasteiger partial charge in [-0.05, 0) is 56.2 Å². The highest BCUT2D eigenvalue weighted by Gasteiger charge is 2.13. The van der Waals surface area contributed by atoms with Gasteiger partial charge in [-0.15, -0.1) is 10.2 Å². The molecule has 7 nitrogen and oxygen atoms in total. The van der Waals surface area contributed by atoms with E-state index in [1.165, 1.54) is 29.8 Å². The summed E-state index contributed by atoms with van der Waals surface area (Å²) in [5.74, 6) is 1.40. The number of nitrogens with one attached hydrogen (secondary N) is 1. The molecule has 1 heterocycles. The predicted octanol–water partition coefficient (Wildman–Crippen LogP) is 3.94. The van der Waals surface area contributed by atoms with Gasteiger partial charge in [0.15, 0.2) is 16.8 Å². The lowest BCUT2D eigenvalue weighted by Gasteiger charge is -2.09. The van der Waals surface area contributed by atoms with Crippen LogP contribution in [-0.2, 0) is 18.4 Å². The van der Waals surface area contributed by atoms with E-state index < -0.39 is 0 Å². The van der Waals surface area contributed by atoms with Crippen molar-refractivity contribution in [3.05, 3.63) is 65.0 Å². The summed E-state index contributed by atoms with van der Waals surface area (Å²) in [5.41, 5.74) is 3.53. The lowest BCUT2D eigenvalue weighted by molar-refractivity contribution is -0.113. The van der Waals surface area contributed by atoms with Crippen LogP contribution < -0.4 is 10.1 Å². The third-order valence-electron chi connectivity index (χ3n) is 4.66. The zero-order valence-corrected chi connectivity index (χ0v) is 18.2. The average molecular weight is 425 g/mol. The molecule has 1 N–H and O–H groups in total. The van der Waals surface area contributed by atoms with Gasteiger partial charge in [0.2, 0.25) is 5.91 Å². The second-order valence-corrected chi connectivity index (χ2v) is 7.91. The molecule has 0 atom stereocenters. The normalized spacial score (nSPS) is 10.7. The van der Waals surface area contributed by atoms with Crippen molar-refractivity contribution in [1.29, 1.82) is 0 Å². The smallest absolute Gasteiger partial charge is 0.234 e. The zero-order valence-electron chi connectivity index (χ0n) is 17.4. The third kappa shape index (κ3) is 5.48. The number of nitrogens with zero attached hydrogens (tertiary/aromatic N) is 3. The van der Waals surface area contributed by atoms with Gasteiger partial charge in [-0.2, -0.15) is 0 Å². The molecule has 156 valence electrons. The fourth-order valence-corrected chi connectivity index (χ4v) is 3.42. The Morgan fingerprint density at radius 2 is 1.90 bits per heavy atom. The lowest BCUT2D eigenvalue weighted by Crippen LogP contribution is -2.15. The molecule has 0 aliphatic carbocycles. The number of aromatic nitrogens is 3. The van der Waals surface area contributed by atoms with Gasteiger partial charge < -0.3 is 14.6 Å². The van der Waals surface area contributed by atoms with Crippen molar-refractivity contribution in [2.75, 3.05) is 11.1 Å². The Labute approximate surface area is 179 Å². The quantitative estimate of drug-likeness (QED) is 0.435. The first kappa shape index (κ1) is 21.6. The molecule has 30 heavy (non-hydrogen) atoms. The van der Waals surface area contributed by atoms with Gasteiger partial charge in [0.05, 0.1) is 5.75 Å². The Bertz CT molecular complexity index is 1080. The molecule has 8 heteroatoms. The highest BCUT2D eigenvalue weighted by atomic mass is 32.2. The van der Waals surface area contributed by atoms with Gasteiger partial charge in [0.25, 0.3) is 0 Å². The first-order chi connectivity index (χ1) is 14.3. The second-order valence-electron chi connectivity index (χ2n) is 6.97. The van der Waals surface area contributed by atoms with Crippen molar-refractivity contribution in [3.63, 3.8) is 0 Å². The number of amides is 1. The van der Waals surface area contributed by atoms with Crippen LogP contribution in [0.25, 0.3) is 0 Å². The van der Waals surface area contributed by atoms with Gasteiger partial charge in [0, 0.05) is 18.3 Å². The van der Waals surface area contributed by atoms with Gasteiger partial charge in [-0.3, -0.25) is 9.59 Å². The third-order valence-corrected chi connectivity index (χ3v) is 5.68. The van der Waals surface area contributed by atoms with Gasteiger partial charge in [-0.25, -0.2) is 0 Å². The Morgan fingerprint density at radius 1 is 1.10 bits per heavy atom. The van der Waals surface area contributed by atoms with Crippen LogP contribution in [0.2, 0.25) is 0 Å². The summed E-state index contributed by atoms with van der Waals surface area (Å²) in [6.07, 6.45) is 0. The first-order valence-corrected chi connectivity index (χ1v) is 10.4. The standard InChI is InChI=1S/C22H24N4O3S/c1-14-8-9-19(10-15(14)2)29-12-20-24-25-22(26(20)4)30-13-21(28)23-18-7-5-6-17(11-18)16(3)27/h5-11H,12-13H2,1-4H3,(H,23,28). The van der Waals surface area contributed by atoms with E-state index in [0.29, 0.717) is 22.2 Å². The van der Waals surface area contributed by atoms with E-state index in [-0.39, 0.29) is 24.1 Å². The van der Waals surface area contributed by atoms with Crippen molar-refractivity contribution in [3.8, 4) is 5.75 Å². The van der Waals surface area contributed by atoms with E-state index in [0.717, 1.165) is 5.75 Å². The maximum absolute atomic E-state index is 12.3. The largest absolute Gasteiger partial charge is 0.486 e. The van der Waals surface area contributed by atoms with Crippen LogP contribution in [0.1, 0.15) is 34.2 Å². The number of anilines is 1. The Kier molecular flexibility index (Phi) is 6.89. The molecule has 0 fully saturated rings. The minimum Gasteiger partial charge on any atom is -0.486 e. The summed E-state index contributed by atoms with van der Waals surface area (Å²) in [5, 5.41) is 11.7. The first-order valence-electron chi connectivity index (χ1n) is 9.45. The molecule has 0 spiro atoms. The number of aryl methyl sites for hydroxylation is 2. The van der Waals surface area contributed by atoms with Gasteiger partial charge in [0.1, 0.15) is 12.4 Å². The molecular formula is C22H24N4O3S. The number of thioether (sulfide) groups is 1. The fraction of sp³-hybridized carbons (Fsp3) is 0.273. The molecule has 1 aromatic heterocycles. The molecule has 0 aliphatic heterocycles. The van der Waals surface area contributed by atoms with Crippen LogP contribution in [0.5, 0.6) is 5.75 Å². The summed E-state index contributed by atoms with van der Waals surface area (Å²) in [7, 11) is 1.84. The van der Waals surface area contributed by atoms with E-state index in [1.54, 1.807) is 24.3 Å². The number of carbonyl (C=O) groups is 2. The number of ketones is 1. The van der Waals surface area contributed by atoms with E-state index in [4.69, 9.17) is 4.74 Å². The molecule has 0 aliphatic rings. The summed E-state index contributed by atoms with van der Waals surface area (Å²) in [6.45, 7) is 5.88. The Morgan fingerprint density at radius 3 is 2.63 bits per heavy atom. The number of carbonyl (C=O) groups excluding carboxylic acids is 2. The molecule has 0 saturated heterocycles. The highest BCUT2D eigenvalue weighted by molar-refractivity contribution is 7.99. The number of Topliss-reactive ketones (excluding diaryl/α,β-unsaturated/α-hetero) is 1. The van der Waals surface area contributed by atoms with Crippen LogP contribution in [-0.4, -0.2) is 32.2 Å². The number of hydrogen-bond acceptors (Lipinski definition) is 6. The molecular weight excluding hydrogens is 400 g/mol. The zero-order chi connectivity index (χ0) is 21.7. The van der Waals surface area contributed by atoms with Gasteiger partial charge >= 0.3 is 0 Å². The molecule has 2 aromatic carbocycles. The van der Waals surface area contributed by atoms with Crippen LogP contribution in [0.3, 0.4) is 0 Å². The predicted molar refractivity (Wildman–Crippen MR) is 117 cm³/mol. The van der Waals surface area contributed by atoms with E-state index >= 15 is 0 Å². The number of ether oxygens (including phenoxy) is 1. The van der Waals surface area contributed by atoms with Crippen molar-refractivity contribution in [2.24, 2.45) is 7.05 Å². The van der Waals surface area contributed by atoms with Crippen LogP contribution >= 0.6 is 11.8 Å². The minimum atomic E-state index is -0.184. The van der Waals surface area contributed by atoms with Crippen molar-refractivity contribution >= 4 is 29.1 Å². The number of benzene rings is 2. The number of hydrogen-bond donors (Lipinski definition) is 1. The summed E-state index contributed by atoms with van der Waals surface area (Å²) in [4.78, 5) is 23.7. The maximum Gasteiger partial charge on any atom is 0.234 e. The monoisotopic (exact) mass is 424 g/mol. The SMILES string of the molecule is CC(=O)c1cccc(NC(=O)CSc2nnc(COc3ccc(C)c(C)c3)n2C)c1. The molecule has 0 saturated carbocycles. The van der Waals surface area contributed by atoms with E-state index in [2.05, 4.69) is 22.4 Å². The number of rotatable bonds is 8. The van der Waals surface area contributed by atoms with Crippen LogP contribution in [0.4, 0.5) is 5.69 Å². The van der Waals surface area contributed by atoms with Crippen LogP contribution in [0.15, 0.2) is 47.6 Å². The Hall–Kier alpha value is -3.13. The molecule has 3 rings (SSSR count). The van der Waals surface area contributed by atoms with Gasteiger partial charge in [-0.1, -0.05) is 30.0 Å². The summed E-state index contributed by atoms with van der Waals surface area (Å²) in [6, 6.07) is 12.8. The molecule has 0 radical (unpaired) electrons. The topological polar surface area (TPSA) is 86.1 Å². The fourth-order valence-electron chi connectivity index (χ4n) is 2.69. The maximum atomic E-state index is 12.3. The summed E-state index contributed by atoms with van der Waals surface area (Å²) < 4.78 is 7.63. The molecule has 3 aromatic rings. The molecule has 1 amide bonds. The van der Waals surface area contributed by atoms with Crippen molar-refractivity contribution in [1.82, 2.24) is 14.8 Å². The van der Waals surface area contributed by atoms with E-state index in [9.17, 15) is 9.59 Å². The van der Waals surface area contributed by atoms with Crippen molar-refractivity contribution < 1.29 is 14.3 Å². The highest BCUT2D eigenvalue weighted by Crippen LogP contribution is 2.20. The molecule has 0 unspecified atom stereocenters. The summed E-state index contributed by atoms with van der Waals surface area (Å²) >= 11 is 1.29. The average Bonchev–Trinajstić information content (AvgIpc) is 3.07.